The molecule has 0 spiro atoms. The summed E-state index contributed by atoms with van der Waals surface area (Å²) in [5, 5.41) is 0.562. The van der Waals surface area contributed by atoms with Gasteiger partial charge in [-0.1, -0.05) is 27.5 Å². The van der Waals surface area contributed by atoms with Crippen LogP contribution in [0, 0.1) is 0 Å². The number of hydrogen-bond donors (Lipinski definition) is 0. The number of aliphatic imine (C=N–C) groups is 2. The fraction of sp³-hybridized carbons (Fsp3) is 0.600. The second-order valence-corrected chi connectivity index (χ2v) is 3.64. The fourth-order valence-electron chi connectivity index (χ4n) is 0.227. The number of hydrogen-bond acceptors (Lipinski definition) is 1. The van der Waals surface area contributed by atoms with Crippen LogP contribution in [0.15, 0.2) is 9.98 Å². The molecule has 58 valence electrons. The van der Waals surface area contributed by atoms with E-state index in [2.05, 4.69) is 25.9 Å². The highest BCUT2D eigenvalue weighted by molar-refractivity contribution is 9.10. The summed E-state index contributed by atoms with van der Waals surface area (Å²) in [4.78, 5) is 7.36. The first-order chi connectivity index (χ1) is 4.57. The molecule has 0 saturated heterocycles. The minimum absolute atomic E-state index is 0.0182. The van der Waals surface area contributed by atoms with Crippen LogP contribution in [0.2, 0.25) is 0 Å². The third-order valence-corrected chi connectivity index (χ3v) is 2.07. The van der Waals surface area contributed by atoms with Crippen molar-refractivity contribution in [2.75, 3.05) is 7.05 Å². The van der Waals surface area contributed by atoms with E-state index in [9.17, 15) is 0 Å². The highest BCUT2D eigenvalue weighted by atomic mass is 79.9. The molecule has 0 aromatic heterocycles. The highest BCUT2D eigenvalue weighted by Gasteiger charge is 2.02. The number of nitrogens with zero attached hydrogens (tertiary/aromatic N) is 2. The predicted octanol–water partition coefficient (Wildman–Crippen LogP) is 2.63. The maximum atomic E-state index is 5.63. The standard InChI is InChI=1S/C5H7BrCl2N2/c1-3(6)4(7)10-5(8)9-2/h3H,1-2H3. The second kappa shape index (κ2) is 5.10. The Morgan fingerprint density at radius 2 is 2.00 bits per heavy atom. The molecule has 1 atom stereocenters. The Bertz CT molecular complexity index is 165. The lowest BCUT2D eigenvalue weighted by Crippen LogP contribution is -2.02. The molecule has 2 nitrogen and oxygen atoms in total. The summed E-state index contributed by atoms with van der Waals surface area (Å²) in [6.45, 7) is 1.85. The van der Waals surface area contributed by atoms with Gasteiger partial charge in [0.2, 0.25) is 5.29 Å². The van der Waals surface area contributed by atoms with Gasteiger partial charge in [0.05, 0.1) is 4.83 Å². The van der Waals surface area contributed by atoms with Gasteiger partial charge in [0, 0.05) is 7.05 Å². The van der Waals surface area contributed by atoms with Crippen molar-refractivity contribution in [3.63, 3.8) is 0 Å². The Kier molecular flexibility index (Phi) is 5.31. The molecule has 0 aliphatic carbocycles. The van der Waals surface area contributed by atoms with Crippen LogP contribution in [0.1, 0.15) is 6.92 Å². The molecule has 0 rings (SSSR count). The molecule has 0 aliphatic rings. The molecule has 10 heavy (non-hydrogen) atoms. The normalized spacial score (nSPS) is 17.3. The molecule has 0 bridgehead atoms. The summed E-state index contributed by atoms with van der Waals surface area (Å²) in [5.41, 5.74) is 0. The maximum Gasteiger partial charge on any atom is 0.218 e. The van der Waals surface area contributed by atoms with Gasteiger partial charge in [-0.2, -0.15) is 0 Å². The second-order valence-electron chi connectivity index (χ2n) is 1.54. The number of rotatable bonds is 1. The van der Waals surface area contributed by atoms with Gasteiger partial charge in [-0.05, 0) is 18.5 Å². The Labute approximate surface area is 78.5 Å². The smallest absolute Gasteiger partial charge is 0.218 e. The van der Waals surface area contributed by atoms with E-state index in [-0.39, 0.29) is 10.1 Å². The quantitative estimate of drug-likeness (QED) is 0.294. The molecule has 0 amide bonds. The average molecular weight is 246 g/mol. The fourth-order valence-corrected chi connectivity index (χ4v) is 0.544. The molecule has 0 heterocycles. The Hall–Kier alpha value is 0.400. The molecule has 0 radical (unpaired) electrons. The van der Waals surface area contributed by atoms with E-state index in [1.807, 2.05) is 6.92 Å². The van der Waals surface area contributed by atoms with Gasteiger partial charge in [0.1, 0.15) is 5.17 Å². The summed E-state index contributed by atoms with van der Waals surface area (Å²) in [6, 6.07) is 0. The summed E-state index contributed by atoms with van der Waals surface area (Å²) in [7, 11) is 1.55. The van der Waals surface area contributed by atoms with Gasteiger partial charge in [-0.15, -0.1) is 0 Å². The molecular formula is C5H7BrCl2N2. The molecule has 0 saturated carbocycles. The van der Waals surface area contributed by atoms with E-state index < -0.39 is 0 Å². The minimum atomic E-state index is 0.0182. The highest BCUT2D eigenvalue weighted by Crippen LogP contribution is 2.05. The van der Waals surface area contributed by atoms with Crippen molar-refractivity contribution in [1.82, 2.24) is 0 Å². The zero-order valence-electron chi connectivity index (χ0n) is 5.61. The molecule has 5 heteroatoms. The van der Waals surface area contributed by atoms with E-state index in [4.69, 9.17) is 23.2 Å². The van der Waals surface area contributed by atoms with Gasteiger partial charge in [0.15, 0.2) is 0 Å². The minimum Gasteiger partial charge on any atom is -0.260 e. The van der Waals surface area contributed by atoms with Crippen molar-refractivity contribution in [3.8, 4) is 0 Å². The van der Waals surface area contributed by atoms with Crippen molar-refractivity contribution in [2.24, 2.45) is 9.98 Å². The average Bonchev–Trinajstić information content (AvgIpc) is 1.87. The number of amidine groups is 1. The Morgan fingerprint density at radius 3 is 2.30 bits per heavy atom. The molecule has 0 aromatic rings. The predicted molar refractivity (Wildman–Crippen MR) is 50.9 cm³/mol. The molecular weight excluding hydrogens is 239 g/mol. The first-order valence-corrected chi connectivity index (χ1v) is 4.25. The van der Waals surface area contributed by atoms with E-state index in [1.54, 1.807) is 7.05 Å². The van der Waals surface area contributed by atoms with Gasteiger partial charge >= 0.3 is 0 Å². The van der Waals surface area contributed by atoms with Gasteiger partial charge in [0.25, 0.3) is 0 Å². The van der Waals surface area contributed by atoms with Crippen LogP contribution in [0.25, 0.3) is 0 Å². The SMILES string of the molecule is CN=C(Cl)N=C(Cl)C(C)Br. The van der Waals surface area contributed by atoms with E-state index >= 15 is 0 Å². The third kappa shape index (κ3) is 4.25. The first kappa shape index (κ1) is 10.4. The molecule has 0 N–H and O–H groups in total. The third-order valence-electron chi connectivity index (χ3n) is 0.712. The van der Waals surface area contributed by atoms with Crippen LogP contribution in [-0.4, -0.2) is 22.3 Å². The lowest BCUT2D eigenvalue weighted by Gasteiger charge is -1.96. The lowest BCUT2D eigenvalue weighted by atomic mass is 10.5. The molecule has 1 unspecified atom stereocenters. The zero-order chi connectivity index (χ0) is 8.15. The van der Waals surface area contributed by atoms with Crippen LogP contribution in [-0.2, 0) is 0 Å². The number of alkyl halides is 1. The topological polar surface area (TPSA) is 24.7 Å². The van der Waals surface area contributed by atoms with Crippen LogP contribution in [0.4, 0.5) is 0 Å². The van der Waals surface area contributed by atoms with Crippen LogP contribution < -0.4 is 0 Å². The first-order valence-electron chi connectivity index (χ1n) is 2.58. The molecule has 0 aliphatic heterocycles. The lowest BCUT2D eigenvalue weighted by molar-refractivity contribution is 1.35. The summed E-state index contributed by atoms with van der Waals surface area (Å²) >= 11 is 14.3. The van der Waals surface area contributed by atoms with E-state index in [0.29, 0.717) is 5.17 Å². The van der Waals surface area contributed by atoms with E-state index in [1.165, 1.54) is 0 Å². The van der Waals surface area contributed by atoms with Gasteiger partial charge in [-0.3, -0.25) is 4.99 Å². The maximum absolute atomic E-state index is 5.63. The molecule has 0 fully saturated rings. The van der Waals surface area contributed by atoms with E-state index in [0.717, 1.165) is 0 Å². The summed E-state index contributed by atoms with van der Waals surface area (Å²) in [5.74, 6) is 0. The summed E-state index contributed by atoms with van der Waals surface area (Å²) in [6.07, 6.45) is 0. The zero-order valence-corrected chi connectivity index (χ0v) is 8.70. The van der Waals surface area contributed by atoms with Crippen molar-refractivity contribution in [2.45, 2.75) is 11.8 Å². The van der Waals surface area contributed by atoms with Crippen LogP contribution >= 0.6 is 39.1 Å². The van der Waals surface area contributed by atoms with Crippen LogP contribution in [0.3, 0.4) is 0 Å². The van der Waals surface area contributed by atoms with Crippen molar-refractivity contribution >= 4 is 49.6 Å². The van der Waals surface area contributed by atoms with Crippen molar-refractivity contribution in [3.05, 3.63) is 0 Å². The number of halogens is 3. The van der Waals surface area contributed by atoms with Gasteiger partial charge in [-0.25, -0.2) is 4.99 Å². The largest absolute Gasteiger partial charge is 0.260 e. The Balaban J connectivity index is 4.17. The van der Waals surface area contributed by atoms with Gasteiger partial charge < -0.3 is 0 Å². The molecule has 0 aromatic carbocycles. The van der Waals surface area contributed by atoms with Crippen molar-refractivity contribution in [1.29, 1.82) is 0 Å². The van der Waals surface area contributed by atoms with Crippen LogP contribution in [0.5, 0.6) is 0 Å². The summed E-state index contributed by atoms with van der Waals surface area (Å²) < 4.78 is 0. The Morgan fingerprint density at radius 1 is 1.50 bits per heavy atom. The van der Waals surface area contributed by atoms with Crippen molar-refractivity contribution < 1.29 is 0 Å². The monoisotopic (exact) mass is 244 g/mol.